The zero-order chi connectivity index (χ0) is 13.8. The van der Waals surface area contributed by atoms with Crippen molar-refractivity contribution in [3.8, 4) is 0 Å². The third-order valence-corrected chi connectivity index (χ3v) is 3.20. The van der Waals surface area contributed by atoms with Crippen molar-refractivity contribution in [1.82, 2.24) is 15.5 Å². The summed E-state index contributed by atoms with van der Waals surface area (Å²) in [4.78, 5) is 13.5. The van der Waals surface area contributed by atoms with E-state index in [2.05, 4.69) is 5.32 Å². The van der Waals surface area contributed by atoms with Gasteiger partial charge in [-0.1, -0.05) is 0 Å². The Bertz CT molecular complexity index is 283. The highest BCUT2D eigenvalue weighted by Crippen LogP contribution is 2.18. The summed E-state index contributed by atoms with van der Waals surface area (Å²) >= 11 is 0. The number of carbonyl (C=O) groups excluding carboxylic acids is 1. The molecule has 1 rings (SSSR count). The molecule has 0 saturated carbocycles. The van der Waals surface area contributed by atoms with Crippen molar-refractivity contribution in [3.05, 3.63) is 0 Å². The molecule has 0 spiro atoms. The van der Waals surface area contributed by atoms with Gasteiger partial charge in [0, 0.05) is 6.54 Å². The van der Waals surface area contributed by atoms with E-state index in [1.165, 1.54) is 0 Å². The molecule has 4 nitrogen and oxygen atoms in total. The highest BCUT2D eigenvalue weighted by atomic mass is 19.4. The van der Waals surface area contributed by atoms with Gasteiger partial charge in [-0.3, -0.25) is 9.69 Å². The fourth-order valence-corrected chi connectivity index (χ4v) is 2.17. The monoisotopic (exact) mass is 267 g/mol. The van der Waals surface area contributed by atoms with Gasteiger partial charge < -0.3 is 10.6 Å². The number of hydrogen-bond donors (Lipinski definition) is 2. The molecule has 2 N–H and O–H groups in total. The second kappa shape index (κ2) is 6.38. The molecule has 1 saturated heterocycles. The summed E-state index contributed by atoms with van der Waals surface area (Å²) in [6.07, 6.45) is -3.38. The van der Waals surface area contributed by atoms with E-state index in [1.54, 1.807) is 6.92 Å². The summed E-state index contributed by atoms with van der Waals surface area (Å²) in [5, 5.41) is 4.99. The predicted molar refractivity (Wildman–Crippen MR) is 62.1 cm³/mol. The summed E-state index contributed by atoms with van der Waals surface area (Å²) < 4.78 is 35.9. The maximum atomic E-state index is 12.0. The minimum absolute atomic E-state index is 0.466. The normalized spacial score (nSPS) is 23.1. The first-order valence-electron chi connectivity index (χ1n) is 6.06. The van der Waals surface area contributed by atoms with Crippen molar-refractivity contribution >= 4 is 5.91 Å². The quantitative estimate of drug-likeness (QED) is 0.766. The topological polar surface area (TPSA) is 44.4 Å². The summed E-state index contributed by atoms with van der Waals surface area (Å²) in [5.74, 6) is -0.0923. The third-order valence-electron chi connectivity index (χ3n) is 3.20. The van der Waals surface area contributed by atoms with Crippen molar-refractivity contribution in [2.24, 2.45) is 5.92 Å². The number of carbonyl (C=O) groups is 1. The molecule has 2 atom stereocenters. The minimum atomic E-state index is -4.35. The molecule has 1 aliphatic rings. The molecule has 0 aromatic heterocycles. The van der Waals surface area contributed by atoms with Gasteiger partial charge in [0.25, 0.3) is 0 Å². The molecule has 1 heterocycles. The maximum Gasteiger partial charge on any atom is 0.405 e. The van der Waals surface area contributed by atoms with Crippen molar-refractivity contribution in [1.29, 1.82) is 0 Å². The Labute approximate surface area is 105 Å². The van der Waals surface area contributed by atoms with Crippen molar-refractivity contribution < 1.29 is 18.0 Å². The third kappa shape index (κ3) is 4.81. The van der Waals surface area contributed by atoms with Crippen molar-refractivity contribution in [2.45, 2.75) is 25.6 Å². The average Bonchev–Trinajstić information content (AvgIpc) is 2.73. The van der Waals surface area contributed by atoms with E-state index in [9.17, 15) is 18.0 Å². The Morgan fingerprint density at radius 1 is 1.50 bits per heavy atom. The number of nitrogens with zero attached hydrogens (tertiary/aromatic N) is 1. The zero-order valence-electron chi connectivity index (χ0n) is 10.7. The van der Waals surface area contributed by atoms with Crippen LogP contribution in [0.1, 0.15) is 13.3 Å². The molecule has 0 aromatic rings. The van der Waals surface area contributed by atoms with Crippen molar-refractivity contribution in [2.75, 3.05) is 33.2 Å². The van der Waals surface area contributed by atoms with E-state index in [1.807, 2.05) is 17.3 Å². The van der Waals surface area contributed by atoms with Gasteiger partial charge in [-0.15, -0.1) is 0 Å². The van der Waals surface area contributed by atoms with Gasteiger partial charge in [-0.05, 0) is 39.4 Å². The smallest absolute Gasteiger partial charge is 0.346 e. The predicted octanol–water partition coefficient (Wildman–Crippen LogP) is 0.595. The van der Waals surface area contributed by atoms with E-state index in [0.29, 0.717) is 5.92 Å². The first-order chi connectivity index (χ1) is 8.33. The molecule has 0 radical (unpaired) electrons. The first-order valence-corrected chi connectivity index (χ1v) is 6.06. The van der Waals surface area contributed by atoms with E-state index in [4.69, 9.17) is 0 Å². The average molecular weight is 267 g/mol. The van der Waals surface area contributed by atoms with Crippen LogP contribution in [-0.2, 0) is 4.79 Å². The van der Waals surface area contributed by atoms with Gasteiger partial charge >= 0.3 is 6.18 Å². The molecule has 7 heteroatoms. The lowest BCUT2D eigenvalue weighted by Gasteiger charge is -2.23. The Morgan fingerprint density at radius 3 is 2.72 bits per heavy atom. The Kier molecular flexibility index (Phi) is 5.40. The van der Waals surface area contributed by atoms with Crippen LogP contribution in [0, 0.1) is 5.92 Å². The highest BCUT2D eigenvalue weighted by molar-refractivity contribution is 5.81. The van der Waals surface area contributed by atoms with Crippen LogP contribution in [0.25, 0.3) is 0 Å². The van der Waals surface area contributed by atoms with Gasteiger partial charge in [0.15, 0.2) is 0 Å². The number of hydrogen-bond acceptors (Lipinski definition) is 3. The summed E-state index contributed by atoms with van der Waals surface area (Å²) in [5.41, 5.74) is 0. The van der Waals surface area contributed by atoms with E-state index < -0.39 is 24.7 Å². The van der Waals surface area contributed by atoms with Gasteiger partial charge in [0.05, 0.1) is 6.04 Å². The minimum Gasteiger partial charge on any atom is -0.346 e. The van der Waals surface area contributed by atoms with Crippen LogP contribution < -0.4 is 10.6 Å². The summed E-state index contributed by atoms with van der Waals surface area (Å²) in [7, 11) is 1.86. The van der Waals surface area contributed by atoms with Crippen LogP contribution in [0.2, 0.25) is 0 Å². The fraction of sp³-hybridized carbons (Fsp3) is 0.909. The standard InChI is InChI=1S/C11H20F3N3O/c1-8(10(18)16-7-11(12,13)14)17-4-3-9(6-17)5-15-2/h8-9,15H,3-7H2,1-2H3,(H,16,18). The van der Waals surface area contributed by atoms with Gasteiger partial charge in [0.2, 0.25) is 5.91 Å². The van der Waals surface area contributed by atoms with Crippen LogP contribution in [0.15, 0.2) is 0 Å². The molecule has 106 valence electrons. The summed E-state index contributed by atoms with van der Waals surface area (Å²) in [6, 6.07) is -0.505. The zero-order valence-corrected chi connectivity index (χ0v) is 10.7. The molecule has 0 bridgehead atoms. The Hall–Kier alpha value is -0.820. The number of amides is 1. The molecule has 0 aliphatic carbocycles. The highest BCUT2D eigenvalue weighted by Gasteiger charge is 2.32. The number of alkyl halides is 3. The molecule has 0 aromatic carbocycles. The molecular weight excluding hydrogens is 247 g/mol. The first kappa shape index (κ1) is 15.2. The number of halogens is 3. The molecular formula is C11H20F3N3O. The number of rotatable bonds is 5. The van der Waals surface area contributed by atoms with Crippen LogP contribution in [0.4, 0.5) is 13.2 Å². The number of nitrogens with one attached hydrogen (secondary N) is 2. The lowest BCUT2D eigenvalue weighted by Crippen LogP contribution is -2.46. The van der Waals surface area contributed by atoms with Crippen LogP contribution in [0.5, 0.6) is 0 Å². The molecule has 1 amide bonds. The maximum absolute atomic E-state index is 12.0. The van der Waals surface area contributed by atoms with E-state index in [-0.39, 0.29) is 0 Å². The second-order valence-electron chi connectivity index (χ2n) is 4.72. The number of likely N-dealkylation sites (tertiary alicyclic amines) is 1. The van der Waals surface area contributed by atoms with Crippen LogP contribution >= 0.6 is 0 Å². The molecule has 1 aliphatic heterocycles. The lowest BCUT2D eigenvalue weighted by atomic mass is 10.1. The van der Waals surface area contributed by atoms with E-state index >= 15 is 0 Å². The van der Waals surface area contributed by atoms with Crippen LogP contribution in [0.3, 0.4) is 0 Å². The Morgan fingerprint density at radius 2 is 2.17 bits per heavy atom. The van der Waals surface area contributed by atoms with Gasteiger partial charge in [-0.2, -0.15) is 13.2 Å². The largest absolute Gasteiger partial charge is 0.405 e. The van der Waals surface area contributed by atoms with Gasteiger partial charge in [0.1, 0.15) is 6.54 Å². The summed E-state index contributed by atoms with van der Waals surface area (Å²) in [6.45, 7) is 2.76. The molecule has 1 fully saturated rings. The molecule has 18 heavy (non-hydrogen) atoms. The van der Waals surface area contributed by atoms with Gasteiger partial charge in [-0.25, -0.2) is 0 Å². The van der Waals surface area contributed by atoms with Crippen molar-refractivity contribution in [3.63, 3.8) is 0 Å². The van der Waals surface area contributed by atoms with Crippen LogP contribution in [-0.4, -0.2) is 56.3 Å². The van der Waals surface area contributed by atoms with E-state index in [0.717, 1.165) is 26.1 Å². The lowest BCUT2D eigenvalue weighted by molar-refractivity contribution is -0.141. The molecule has 2 unspecified atom stereocenters. The Balaban J connectivity index is 2.36. The SMILES string of the molecule is CNCC1CCN(C(C)C(=O)NCC(F)(F)F)C1. The second-order valence-corrected chi connectivity index (χ2v) is 4.72. The fourth-order valence-electron chi connectivity index (χ4n) is 2.17.